The van der Waals surface area contributed by atoms with Crippen LogP contribution in [0.15, 0.2) is 28.7 Å². The Kier molecular flexibility index (Phi) is 2.56. The Hall–Kier alpha value is -0.540. The molecule has 0 bridgehead atoms. The van der Waals surface area contributed by atoms with Crippen LogP contribution in [0.4, 0.5) is 5.69 Å². The van der Waals surface area contributed by atoms with Crippen LogP contribution in [0.3, 0.4) is 0 Å². The van der Waals surface area contributed by atoms with E-state index < -0.39 is 0 Å². The van der Waals surface area contributed by atoms with Crippen LogP contribution in [-0.2, 0) is 0 Å². The summed E-state index contributed by atoms with van der Waals surface area (Å²) in [7, 11) is 2.15. The van der Waals surface area contributed by atoms with Crippen molar-refractivity contribution in [2.24, 2.45) is 0 Å². The van der Waals surface area contributed by atoms with Crippen molar-refractivity contribution in [3.63, 3.8) is 0 Å². The molecule has 1 saturated heterocycles. The zero-order chi connectivity index (χ0) is 9.26. The molecule has 0 unspecified atom stereocenters. The van der Waals surface area contributed by atoms with Crippen LogP contribution in [-0.4, -0.2) is 26.2 Å². The Morgan fingerprint density at radius 2 is 1.92 bits per heavy atom. The molecule has 0 aliphatic carbocycles. The number of anilines is 1. The summed E-state index contributed by atoms with van der Waals surface area (Å²) in [6.07, 6.45) is 0. The first kappa shape index (κ1) is 9.03. The molecule has 1 N–H and O–H groups in total. The van der Waals surface area contributed by atoms with Crippen molar-refractivity contribution in [1.82, 2.24) is 5.32 Å². The third-order valence-electron chi connectivity index (χ3n) is 2.54. The first-order chi connectivity index (χ1) is 6.27. The van der Waals surface area contributed by atoms with Crippen LogP contribution in [0, 0.1) is 0 Å². The van der Waals surface area contributed by atoms with E-state index in [0.717, 1.165) is 17.6 Å². The first-order valence-corrected chi connectivity index (χ1v) is 5.26. The summed E-state index contributed by atoms with van der Waals surface area (Å²) in [5, 5.41) is 3.27. The van der Waals surface area contributed by atoms with E-state index in [0.29, 0.717) is 6.04 Å². The molecular weight excluding hydrogens is 228 g/mol. The second-order valence-electron chi connectivity index (χ2n) is 3.40. The largest absolute Gasteiger partial charge is 0.369 e. The summed E-state index contributed by atoms with van der Waals surface area (Å²) >= 11 is 3.43. The molecule has 0 aromatic heterocycles. The highest BCUT2D eigenvalue weighted by Crippen LogP contribution is 2.19. The lowest BCUT2D eigenvalue weighted by atomic mass is 10.1. The normalized spacial score (nSPS) is 16.8. The molecule has 1 aliphatic heterocycles. The maximum Gasteiger partial charge on any atom is 0.0535 e. The number of hydrogen-bond acceptors (Lipinski definition) is 2. The summed E-state index contributed by atoms with van der Waals surface area (Å²) in [4.78, 5) is 2.32. The Balaban J connectivity index is 2.10. The molecule has 0 saturated carbocycles. The van der Waals surface area contributed by atoms with Gasteiger partial charge in [0.1, 0.15) is 0 Å². The summed E-state index contributed by atoms with van der Waals surface area (Å²) in [6.45, 7) is 2.21. The van der Waals surface area contributed by atoms with E-state index in [9.17, 15) is 0 Å². The quantitative estimate of drug-likeness (QED) is 0.850. The van der Waals surface area contributed by atoms with Gasteiger partial charge >= 0.3 is 0 Å². The maximum absolute atomic E-state index is 3.43. The average Bonchev–Trinajstić information content (AvgIpc) is 2.02. The smallest absolute Gasteiger partial charge is 0.0535 e. The van der Waals surface area contributed by atoms with Crippen molar-refractivity contribution in [2.75, 3.05) is 25.0 Å². The van der Waals surface area contributed by atoms with Crippen molar-refractivity contribution in [3.05, 3.63) is 28.7 Å². The average molecular weight is 241 g/mol. The lowest BCUT2D eigenvalue weighted by Gasteiger charge is -2.37. The Labute approximate surface area is 87.1 Å². The standard InChI is InChI=1S/C10H13BrN2/c1-13(10-6-12-7-10)9-4-2-8(11)3-5-9/h2-5,10,12H,6-7H2,1H3. The topological polar surface area (TPSA) is 15.3 Å². The van der Waals surface area contributed by atoms with E-state index >= 15 is 0 Å². The second-order valence-corrected chi connectivity index (χ2v) is 4.32. The number of benzene rings is 1. The number of hydrogen-bond donors (Lipinski definition) is 1. The predicted molar refractivity (Wildman–Crippen MR) is 59.2 cm³/mol. The van der Waals surface area contributed by atoms with E-state index in [2.05, 4.69) is 57.5 Å². The molecule has 1 fully saturated rings. The van der Waals surface area contributed by atoms with E-state index in [-0.39, 0.29) is 0 Å². The van der Waals surface area contributed by atoms with Crippen molar-refractivity contribution >= 4 is 21.6 Å². The van der Waals surface area contributed by atoms with Gasteiger partial charge in [0.15, 0.2) is 0 Å². The van der Waals surface area contributed by atoms with Gasteiger partial charge in [-0.05, 0) is 24.3 Å². The van der Waals surface area contributed by atoms with Gasteiger partial charge in [0, 0.05) is 30.3 Å². The summed E-state index contributed by atoms with van der Waals surface area (Å²) in [6, 6.07) is 9.11. The van der Waals surface area contributed by atoms with Gasteiger partial charge in [-0.2, -0.15) is 0 Å². The molecule has 2 rings (SSSR count). The molecule has 1 aliphatic rings. The highest BCUT2D eigenvalue weighted by atomic mass is 79.9. The fraction of sp³-hybridized carbons (Fsp3) is 0.400. The van der Waals surface area contributed by atoms with Crippen molar-refractivity contribution in [1.29, 1.82) is 0 Å². The predicted octanol–water partition coefficient (Wildman–Crippen LogP) is 1.86. The van der Waals surface area contributed by atoms with E-state index in [4.69, 9.17) is 0 Å². The molecule has 1 heterocycles. The molecule has 0 amide bonds. The monoisotopic (exact) mass is 240 g/mol. The van der Waals surface area contributed by atoms with Crippen LogP contribution >= 0.6 is 15.9 Å². The fourth-order valence-electron chi connectivity index (χ4n) is 1.43. The SMILES string of the molecule is CN(c1ccc(Br)cc1)C1CNC1. The number of likely N-dealkylation sites (N-methyl/N-ethyl adjacent to an activating group) is 1. The summed E-state index contributed by atoms with van der Waals surface area (Å²) in [5.74, 6) is 0. The minimum atomic E-state index is 0.668. The molecule has 3 heteroatoms. The number of nitrogens with one attached hydrogen (secondary N) is 1. The van der Waals surface area contributed by atoms with Gasteiger partial charge < -0.3 is 10.2 Å². The van der Waals surface area contributed by atoms with Gasteiger partial charge in [-0.15, -0.1) is 0 Å². The van der Waals surface area contributed by atoms with E-state index in [1.165, 1.54) is 5.69 Å². The zero-order valence-electron chi connectivity index (χ0n) is 7.63. The van der Waals surface area contributed by atoms with Gasteiger partial charge in [0.2, 0.25) is 0 Å². The van der Waals surface area contributed by atoms with Gasteiger partial charge in [0.05, 0.1) is 6.04 Å². The van der Waals surface area contributed by atoms with Crippen molar-refractivity contribution in [3.8, 4) is 0 Å². The summed E-state index contributed by atoms with van der Waals surface area (Å²) < 4.78 is 1.14. The molecule has 13 heavy (non-hydrogen) atoms. The summed E-state index contributed by atoms with van der Waals surface area (Å²) in [5.41, 5.74) is 1.29. The van der Waals surface area contributed by atoms with Gasteiger partial charge in [0.25, 0.3) is 0 Å². The molecule has 0 radical (unpaired) electrons. The van der Waals surface area contributed by atoms with Gasteiger partial charge in [-0.25, -0.2) is 0 Å². The van der Waals surface area contributed by atoms with Gasteiger partial charge in [-0.3, -0.25) is 0 Å². The van der Waals surface area contributed by atoms with Crippen LogP contribution < -0.4 is 10.2 Å². The molecule has 0 atom stereocenters. The Morgan fingerprint density at radius 3 is 2.38 bits per heavy atom. The highest BCUT2D eigenvalue weighted by molar-refractivity contribution is 9.10. The number of rotatable bonds is 2. The molecule has 0 spiro atoms. The zero-order valence-corrected chi connectivity index (χ0v) is 9.21. The fourth-order valence-corrected chi connectivity index (χ4v) is 1.70. The van der Waals surface area contributed by atoms with E-state index in [1.807, 2.05) is 0 Å². The second kappa shape index (κ2) is 3.68. The highest BCUT2D eigenvalue weighted by Gasteiger charge is 2.21. The minimum Gasteiger partial charge on any atom is -0.369 e. The third-order valence-corrected chi connectivity index (χ3v) is 3.07. The van der Waals surface area contributed by atoms with Crippen molar-refractivity contribution < 1.29 is 0 Å². The Bertz CT molecular complexity index is 279. The van der Waals surface area contributed by atoms with Crippen LogP contribution in [0.2, 0.25) is 0 Å². The lowest BCUT2D eigenvalue weighted by Crippen LogP contribution is -2.56. The number of halogens is 1. The molecular formula is C10H13BrN2. The third kappa shape index (κ3) is 1.86. The van der Waals surface area contributed by atoms with Crippen LogP contribution in [0.5, 0.6) is 0 Å². The van der Waals surface area contributed by atoms with Crippen LogP contribution in [0.1, 0.15) is 0 Å². The lowest BCUT2D eigenvalue weighted by molar-refractivity contribution is 0.429. The van der Waals surface area contributed by atoms with Crippen LogP contribution in [0.25, 0.3) is 0 Å². The first-order valence-electron chi connectivity index (χ1n) is 4.46. The number of nitrogens with zero attached hydrogens (tertiary/aromatic N) is 1. The molecule has 2 nitrogen and oxygen atoms in total. The minimum absolute atomic E-state index is 0.668. The molecule has 1 aromatic carbocycles. The van der Waals surface area contributed by atoms with E-state index in [1.54, 1.807) is 0 Å². The van der Waals surface area contributed by atoms with Gasteiger partial charge in [-0.1, -0.05) is 15.9 Å². The maximum atomic E-state index is 3.43. The van der Waals surface area contributed by atoms with Crippen molar-refractivity contribution in [2.45, 2.75) is 6.04 Å². The molecule has 70 valence electrons. The Morgan fingerprint density at radius 1 is 1.31 bits per heavy atom. The molecule has 1 aromatic rings.